The van der Waals surface area contributed by atoms with Gasteiger partial charge in [-0.15, -0.1) is 11.3 Å². The number of nitrogens with one attached hydrogen (secondary N) is 1. The third kappa shape index (κ3) is 3.66. The molecule has 0 aliphatic heterocycles. The molecule has 0 bridgehead atoms. The Kier molecular flexibility index (Phi) is 4.68. The van der Waals surface area contributed by atoms with Gasteiger partial charge in [0.1, 0.15) is 5.01 Å². The second-order valence-electron chi connectivity index (χ2n) is 5.14. The van der Waals surface area contributed by atoms with Crippen LogP contribution in [-0.2, 0) is 11.2 Å². The Morgan fingerprint density at radius 2 is 2.17 bits per heavy atom. The molecule has 0 saturated heterocycles. The number of nitro groups is 1. The molecule has 2 heterocycles. The third-order valence-electron chi connectivity index (χ3n) is 3.37. The lowest BCUT2D eigenvalue weighted by molar-refractivity contribution is -0.384. The topological polar surface area (TPSA) is 85.1 Å². The Morgan fingerprint density at radius 1 is 1.33 bits per heavy atom. The van der Waals surface area contributed by atoms with Gasteiger partial charge in [-0.3, -0.25) is 14.9 Å². The molecule has 0 fully saturated rings. The van der Waals surface area contributed by atoms with E-state index in [2.05, 4.69) is 10.3 Å². The molecule has 2 aromatic heterocycles. The van der Waals surface area contributed by atoms with Crippen LogP contribution in [0.2, 0.25) is 0 Å². The molecule has 3 aromatic rings. The smallest absolute Gasteiger partial charge is 0.271 e. The summed E-state index contributed by atoms with van der Waals surface area (Å²) < 4.78 is 0. The number of thiazole rings is 1. The molecule has 1 N–H and O–H groups in total. The molecular weight excluding hydrogens is 346 g/mol. The predicted molar refractivity (Wildman–Crippen MR) is 95.6 cm³/mol. The summed E-state index contributed by atoms with van der Waals surface area (Å²) in [4.78, 5) is 27.0. The van der Waals surface area contributed by atoms with Gasteiger partial charge in [0, 0.05) is 28.5 Å². The Bertz CT molecular complexity index is 888. The fourth-order valence-electron chi connectivity index (χ4n) is 2.12. The van der Waals surface area contributed by atoms with E-state index in [1.807, 2.05) is 22.2 Å². The highest BCUT2D eigenvalue weighted by Gasteiger charge is 2.13. The number of rotatable bonds is 5. The Balaban J connectivity index is 1.70. The molecule has 6 nitrogen and oxygen atoms in total. The van der Waals surface area contributed by atoms with Gasteiger partial charge in [-0.25, -0.2) is 4.98 Å². The lowest BCUT2D eigenvalue weighted by Gasteiger charge is -2.07. The van der Waals surface area contributed by atoms with Crippen molar-refractivity contribution in [3.63, 3.8) is 0 Å². The first kappa shape index (κ1) is 16.3. The first-order chi connectivity index (χ1) is 11.5. The van der Waals surface area contributed by atoms with E-state index >= 15 is 0 Å². The number of nitro benzene ring substituents is 1. The average Bonchev–Trinajstić information content (AvgIpc) is 3.20. The SMILES string of the molecule is Cc1ccc([N+](=O)[O-])cc1NC(=O)Cc1csc(-c2ccsc2)n1. The fourth-order valence-corrected chi connectivity index (χ4v) is 3.66. The van der Waals surface area contributed by atoms with Crippen LogP contribution in [0, 0.1) is 17.0 Å². The maximum Gasteiger partial charge on any atom is 0.271 e. The van der Waals surface area contributed by atoms with E-state index in [0.29, 0.717) is 11.4 Å². The van der Waals surface area contributed by atoms with Crippen molar-refractivity contribution in [2.45, 2.75) is 13.3 Å². The summed E-state index contributed by atoms with van der Waals surface area (Å²) in [6, 6.07) is 6.38. The summed E-state index contributed by atoms with van der Waals surface area (Å²) in [5.41, 5.74) is 2.89. The van der Waals surface area contributed by atoms with Crippen molar-refractivity contribution in [2.75, 3.05) is 5.32 Å². The molecule has 0 atom stereocenters. The van der Waals surface area contributed by atoms with Gasteiger partial charge >= 0.3 is 0 Å². The number of aromatic nitrogens is 1. The van der Waals surface area contributed by atoms with E-state index in [9.17, 15) is 14.9 Å². The zero-order valence-corrected chi connectivity index (χ0v) is 14.3. The fraction of sp³-hybridized carbons (Fsp3) is 0.125. The van der Waals surface area contributed by atoms with E-state index in [0.717, 1.165) is 16.1 Å². The lowest BCUT2D eigenvalue weighted by atomic mass is 10.1. The van der Waals surface area contributed by atoms with Crippen LogP contribution < -0.4 is 5.32 Å². The van der Waals surface area contributed by atoms with Crippen molar-refractivity contribution in [1.82, 2.24) is 4.98 Å². The average molecular weight is 359 g/mol. The molecule has 0 saturated carbocycles. The molecule has 3 rings (SSSR count). The monoisotopic (exact) mass is 359 g/mol. The number of hydrogen-bond acceptors (Lipinski definition) is 6. The Hall–Kier alpha value is -2.58. The third-order valence-corrected chi connectivity index (χ3v) is 4.99. The van der Waals surface area contributed by atoms with Gasteiger partial charge < -0.3 is 5.32 Å². The number of thiophene rings is 1. The molecule has 122 valence electrons. The van der Waals surface area contributed by atoms with Crippen LogP contribution in [0.4, 0.5) is 11.4 Å². The molecule has 0 aliphatic carbocycles. The van der Waals surface area contributed by atoms with E-state index in [1.54, 1.807) is 24.3 Å². The number of carbonyl (C=O) groups is 1. The van der Waals surface area contributed by atoms with E-state index in [4.69, 9.17) is 0 Å². The van der Waals surface area contributed by atoms with Crippen molar-refractivity contribution >= 4 is 40.0 Å². The van der Waals surface area contributed by atoms with Gasteiger partial charge in [0.15, 0.2) is 0 Å². The van der Waals surface area contributed by atoms with Crippen LogP contribution in [0.25, 0.3) is 10.6 Å². The molecular formula is C16H13N3O3S2. The number of non-ortho nitro benzene ring substituents is 1. The van der Waals surface area contributed by atoms with E-state index in [1.165, 1.54) is 23.5 Å². The van der Waals surface area contributed by atoms with Crippen LogP contribution in [0.1, 0.15) is 11.3 Å². The van der Waals surface area contributed by atoms with Crippen molar-refractivity contribution < 1.29 is 9.72 Å². The zero-order chi connectivity index (χ0) is 17.1. The number of nitrogens with zero attached hydrogens (tertiary/aromatic N) is 2. The summed E-state index contributed by atoms with van der Waals surface area (Å²) in [7, 11) is 0. The lowest BCUT2D eigenvalue weighted by Crippen LogP contribution is -2.15. The largest absolute Gasteiger partial charge is 0.325 e. The van der Waals surface area contributed by atoms with Crippen molar-refractivity contribution in [1.29, 1.82) is 0 Å². The van der Waals surface area contributed by atoms with Gasteiger partial charge in [0.05, 0.1) is 22.7 Å². The minimum absolute atomic E-state index is 0.0516. The number of benzene rings is 1. The number of aryl methyl sites for hydroxylation is 1. The molecule has 1 aromatic carbocycles. The first-order valence-electron chi connectivity index (χ1n) is 7.05. The summed E-state index contributed by atoms with van der Waals surface area (Å²) in [6.45, 7) is 1.79. The zero-order valence-electron chi connectivity index (χ0n) is 12.7. The molecule has 0 radical (unpaired) electrons. The Labute approximate surface area is 146 Å². The number of anilines is 1. The molecule has 24 heavy (non-hydrogen) atoms. The second-order valence-corrected chi connectivity index (χ2v) is 6.78. The van der Waals surface area contributed by atoms with Crippen molar-refractivity contribution in [3.05, 3.63) is 61.8 Å². The van der Waals surface area contributed by atoms with Crippen LogP contribution >= 0.6 is 22.7 Å². The second kappa shape index (κ2) is 6.90. The van der Waals surface area contributed by atoms with Crippen LogP contribution in [-0.4, -0.2) is 15.8 Å². The van der Waals surface area contributed by atoms with Gasteiger partial charge in [-0.2, -0.15) is 11.3 Å². The molecule has 0 aliphatic rings. The highest BCUT2D eigenvalue weighted by atomic mass is 32.1. The van der Waals surface area contributed by atoms with Gasteiger partial charge in [-0.1, -0.05) is 6.07 Å². The quantitative estimate of drug-likeness (QED) is 0.544. The van der Waals surface area contributed by atoms with Crippen molar-refractivity contribution in [3.8, 4) is 10.6 Å². The maximum absolute atomic E-state index is 12.2. The minimum atomic E-state index is -0.483. The molecule has 1 amide bonds. The number of amides is 1. The van der Waals surface area contributed by atoms with E-state index in [-0.39, 0.29) is 18.0 Å². The summed E-state index contributed by atoms with van der Waals surface area (Å²) in [5, 5.41) is 20.3. The molecule has 0 spiro atoms. The first-order valence-corrected chi connectivity index (χ1v) is 8.87. The van der Waals surface area contributed by atoms with Crippen LogP contribution in [0.3, 0.4) is 0 Å². The summed E-state index contributed by atoms with van der Waals surface area (Å²) in [5.74, 6) is -0.249. The maximum atomic E-state index is 12.2. The molecule has 8 heteroatoms. The summed E-state index contributed by atoms with van der Waals surface area (Å²) in [6.07, 6.45) is 0.128. The standard InChI is InChI=1S/C16H13N3O3S2/c1-10-2-3-13(19(21)22)7-14(10)18-15(20)6-12-9-24-16(17-12)11-4-5-23-8-11/h2-5,7-9H,6H2,1H3,(H,18,20). The van der Waals surface area contributed by atoms with Gasteiger partial charge in [-0.05, 0) is 23.9 Å². The number of hydrogen-bond donors (Lipinski definition) is 1. The van der Waals surface area contributed by atoms with Gasteiger partial charge in [0.2, 0.25) is 5.91 Å². The number of carbonyl (C=O) groups excluding carboxylic acids is 1. The van der Waals surface area contributed by atoms with Crippen LogP contribution in [0.15, 0.2) is 40.4 Å². The molecule has 0 unspecified atom stereocenters. The van der Waals surface area contributed by atoms with Crippen LogP contribution in [0.5, 0.6) is 0 Å². The minimum Gasteiger partial charge on any atom is -0.325 e. The highest BCUT2D eigenvalue weighted by Crippen LogP contribution is 2.26. The van der Waals surface area contributed by atoms with Crippen molar-refractivity contribution in [2.24, 2.45) is 0 Å². The normalized spacial score (nSPS) is 10.5. The van der Waals surface area contributed by atoms with E-state index < -0.39 is 4.92 Å². The summed E-state index contributed by atoms with van der Waals surface area (Å²) >= 11 is 3.09. The Morgan fingerprint density at radius 3 is 2.88 bits per heavy atom. The predicted octanol–water partition coefficient (Wildman–Crippen LogP) is 4.27. The van der Waals surface area contributed by atoms with Gasteiger partial charge in [0.25, 0.3) is 5.69 Å². The highest BCUT2D eigenvalue weighted by molar-refractivity contribution is 7.14.